The maximum Gasteiger partial charge on any atom is 0.411 e. The lowest BCUT2D eigenvalue weighted by molar-refractivity contribution is 0.168. The van der Waals surface area contributed by atoms with E-state index in [1.54, 1.807) is 13.8 Å². The molecule has 0 spiro atoms. The van der Waals surface area contributed by atoms with Crippen molar-refractivity contribution >= 4 is 11.8 Å². The van der Waals surface area contributed by atoms with Crippen LogP contribution in [0.2, 0.25) is 0 Å². The number of carbonyl (C=O) groups excluding carboxylic acids is 1. The van der Waals surface area contributed by atoms with E-state index in [-0.39, 0.29) is 0 Å². The number of hydrogen-bond donors (Lipinski definition) is 1. The molecule has 1 aromatic carbocycles. The Morgan fingerprint density at radius 1 is 1.39 bits per heavy atom. The van der Waals surface area contributed by atoms with Gasteiger partial charge in [0, 0.05) is 5.56 Å². The van der Waals surface area contributed by atoms with Crippen LogP contribution in [0.1, 0.15) is 12.7 Å². The van der Waals surface area contributed by atoms with Crippen molar-refractivity contribution in [1.82, 2.24) is 5.16 Å². The molecule has 0 atom stereocenters. The van der Waals surface area contributed by atoms with E-state index in [0.29, 0.717) is 23.7 Å². The fourth-order valence-electron chi connectivity index (χ4n) is 1.58. The molecule has 1 heterocycles. The van der Waals surface area contributed by atoms with Crippen molar-refractivity contribution in [1.29, 1.82) is 0 Å². The number of hydrogen-bond acceptors (Lipinski definition) is 4. The molecule has 0 saturated heterocycles. The van der Waals surface area contributed by atoms with Crippen molar-refractivity contribution in [3.63, 3.8) is 0 Å². The zero-order valence-electron chi connectivity index (χ0n) is 10.3. The van der Waals surface area contributed by atoms with Crippen LogP contribution in [0.15, 0.2) is 34.9 Å². The number of aromatic nitrogens is 1. The van der Waals surface area contributed by atoms with Gasteiger partial charge in [0.05, 0.1) is 6.61 Å². The van der Waals surface area contributed by atoms with Crippen molar-refractivity contribution in [2.45, 2.75) is 13.8 Å². The van der Waals surface area contributed by atoms with E-state index in [0.717, 1.165) is 5.56 Å². The highest BCUT2D eigenvalue weighted by Gasteiger charge is 2.17. The van der Waals surface area contributed by atoms with Crippen LogP contribution in [0.3, 0.4) is 0 Å². The summed E-state index contributed by atoms with van der Waals surface area (Å²) in [4.78, 5) is 11.4. The molecule has 5 heteroatoms. The lowest BCUT2D eigenvalue weighted by Gasteiger charge is -2.05. The van der Waals surface area contributed by atoms with Crippen molar-refractivity contribution in [2.75, 3.05) is 11.9 Å². The van der Waals surface area contributed by atoms with Gasteiger partial charge in [-0.25, -0.2) is 4.79 Å². The Hall–Kier alpha value is -2.30. The molecule has 1 amide bonds. The summed E-state index contributed by atoms with van der Waals surface area (Å²) in [6.45, 7) is 3.80. The van der Waals surface area contributed by atoms with Gasteiger partial charge in [-0.1, -0.05) is 35.5 Å². The summed E-state index contributed by atoms with van der Waals surface area (Å²) in [5, 5.41) is 6.59. The van der Waals surface area contributed by atoms with Gasteiger partial charge in [0.2, 0.25) is 0 Å². The predicted molar refractivity (Wildman–Crippen MR) is 67.3 cm³/mol. The molecular formula is C13H14N2O3. The van der Waals surface area contributed by atoms with Gasteiger partial charge < -0.3 is 9.26 Å². The van der Waals surface area contributed by atoms with Crippen molar-refractivity contribution < 1.29 is 14.1 Å². The van der Waals surface area contributed by atoms with E-state index in [9.17, 15) is 4.79 Å². The Morgan fingerprint density at radius 3 is 2.78 bits per heavy atom. The third-order valence-electron chi connectivity index (χ3n) is 2.41. The maximum absolute atomic E-state index is 11.4. The molecule has 0 aliphatic heterocycles. The molecule has 1 aromatic heterocycles. The van der Waals surface area contributed by atoms with Gasteiger partial charge >= 0.3 is 6.09 Å². The molecule has 0 unspecified atom stereocenters. The fraction of sp³-hybridized carbons (Fsp3) is 0.231. The van der Waals surface area contributed by atoms with Gasteiger partial charge in [-0.05, 0) is 13.8 Å². The van der Waals surface area contributed by atoms with Gasteiger partial charge in [-0.3, -0.25) is 5.32 Å². The summed E-state index contributed by atoms with van der Waals surface area (Å²) in [7, 11) is 0. The Kier molecular flexibility index (Phi) is 3.62. The third kappa shape index (κ3) is 2.51. The van der Waals surface area contributed by atoms with Gasteiger partial charge in [-0.15, -0.1) is 0 Å². The first kappa shape index (κ1) is 12.2. The smallest absolute Gasteiger partial charge is 0.411 e. The number of benzene rings is 1. The predicted octanol–water partition coefficient (Wildman–Crippen LogP) is 3.22. The second kappa shape index (κ2) is 5.35. The van der Waals surface area contributed by atoms with E-state index >= 15 is 0 Å². The Morgan fingerprint density at radius 2 is 2.11 bits per heavy atom. The minimum atomic E-state index is -0.513. The molecule has 94 valence electrons. The van der Waals surface area contributed by atoms with Crippen LogP contribution in [0.5, 0.6) is 0 Å². The highest BCUT2D eigenvalue weighted by molar-refractivity contribution is 5.90. The summed E-state index contributed by atoms with van der Waals surface area (Å²) < 4.78 is 9.95. The Bertz CT molecular complexity index is 534. The molecule has 2 aromatic rings. The highest BCUT2D eigenvalue weighted by atomic mass is 16.5. The summed E-state index contributed by atoms with van der Waals surface area (Å²) in [5.41, 5.74) is 2.02. The zero-order chi connectivity index (χ0) is 13.0. The normalized spacial score (nSPS) is 10.1. The van der Waals surface area contributed by atoms with Crippen molar-refractivity contribution in [3.8, 4) is 11.3 Å². The van der Waals surface area contributed by atoms with Crippen molar-refractivity contribution in [2.24, 2.45) is 0 Å². The molecule has 2 rings (SSSR count). The van der Waals surface area contributed by atoms with Crippen LogP contribution in [0.4, 0.5) is 10.5 Å². The Balaban J connectivity index is 2.30. The third-order valence-corrected chi connectivity index (χ3v) is 2.41. The second-order valence-corrected chi connectivity index (χ2v) is 3.67. The standard InChI is InChI=1S/C13H14N2O3/c1-3-17-13(16)14-11-9(2)18-15-12(11)10-7-5-4-6-8-10/h4-8H,3H2,1-2H3,(H,14,16). The Labute approximate surface area is 105 Å². The molecule has 1 N–H and O–H groups in total. The van der Waals surface area contributed by atoms with E-state index in [1.807, 2.05) is 30.3 Å². The molecule has 5 nitrogen and oxygen atoms in total. The highest BCUT2D eigenvalue weighted by Crippen LogP contribution is 2.29. The first-order chi connectivity index (χ1) is 8.72. The largest absolute Gasteiger partial charge is 0.450 e. The first-order valence-electron chi connectivity index (χ1n) is 5.68. The topological polar surface area (TPSA) is 64.4 Å². The minimum Gasteiger partial charge on any atom is -0.450 e. The molecule has 0 fully saturated rings. The van der Waals surface area contributed by atoms with Gasteiger partial charge in [-0.2, -0.15) is 0 Å². The zero-order valence-corrected chi connectivity index (χ0v) is 10.3. The molecular weight excluding hydrogens is 232 g/mol. The van der Waals surface area contributed by atoms with Crippen LogP contribution in [0, 0.1) is 6.92 Å². The van der Waals surface area contributed by atoms with E-state index < -0.39 is 6.09 Å². The molecule has 0 saturated carbocycles. The van der Waals surface area contributed by atoms with E-state index in [4.69, 9.17) is 9.26 Å². The number of rotatable bonds is 3. The number of anilines is 1. The van der Waals surface area contributed by atoms with Gasteiger partial charge in [0.15, 0.2) is 5.76 Å². The van der Waals surface area contributed by atoms with E-state index in [1.165, 1.54) is 0 Å². The fourth-order valence-corrected chi connectivity index (χ4v) is 1.58. The van der Waals surface area contributed by atoms with Crippen LogP contribution < -0.4 is 5.32 Å². The maximum atomic E-state index is 11.4. The van der Waals surface area contributed by atoms with Crippen LogP contribution >= 0.6 is 0 Å². The molecule has 0 bridgehead atoms. The lowest BCUT2D eigenvalue weighted by Crippen LogP contribution is -2.14. The lowest BCUT2D eigenvalue weighted by atomic mass is 10.1. The van der Waals surface area contributed by atoms with Crippen molar-refractivity contribution in [3.05, 3.63) is 36.1 Å². The summed E-state index contributed by atoms with van der Waals surface area (Å²) in [6, 6.07) is 9.50. The molecule has 0 radical (unpaired) electrons. The quantitative estimate of drug-likeness (QED) is 0.903. The molecule has 18 heavy (non-hydrogen) atoms. The van der Waals surface area contributed by atoms with Crippen LogP contribution in [-0.4, -0.2) is 17.9 Å². The monoisotopic (exact) mass is 246 g/mol. The minimum absolute atomic E-state index is 0.316. The first-order valence-corrected chi connectivity index (χ1v) is 5.68. The summed E-state index contributed by atoms with van der Waals surface area (Å²) in [6.07, 6.45) is -0.513. The number of nitrogens with zero attached hydrogens (tertiary/aromatic N) is 1. The summed E-state index contributed by atoms with van der Waals surface area (Å²) >= 11 is 0. The number of aryl methyl sites for hydroxylation is 1. The van der Waals surface area contributed by atoms with Crippen LogP contribution in [0.25, 0.3) is 11.3 Å². The van der Waals surface area contributed by atoms with Crippen LogP contribution in [-0.2, 0) is 4.74 Å². The summed E-state index contributed by atoms with van der Waals surface area (Å²) in [5.74, 6) is 0.543. The van der Waals surface area contributed by atoms with Gasteiger partial charge in [0.25, 0.3) is 0 Å². The average molecular weight is 246 g/mol. The SMILES string of the molecule is CCOC(=O)Nc1c(-c2ccccc2)noc1C. The number of nitrogens with one attached hydrogen (secondary N) is 1. The number of amides is 1. The number of ether oxygens (including phenoxy) is 1. The second-order valence-electron chi connectivity index (χ2n) is 3.67. The molecule has 0 aliphatic rings. The van der Waals surface area contributed by atoms with E-state index in [2.05, 4.69) is 10.5 Å². The average Bonchev–Trinajstić information content (AvgIpc) is 2.73. The number of carbonyl (C=O) groups is 1. The van der Waals surface area contributed by atoms with Gasteiger partial charge in [0.1, 0.15) is 11.4 Å². The molecule has 0 aliphatic carbocycles.